The molecule has 1 aromatic carbocycles. The highest BCUT2D eigenvalue weighted by Gasteiger charge is 2.10. The van der Waals surface area contributed by atoms with Crippen LogP contribution in [0.4, 0.5) is 0 Å². The molecule has 0 radical (unpaired) electrons. The number of furan rings is 1. The monoisotopic (exact) mass is 228 g/mol. The zero-order valence-corrected chi connectivity index (χ0v) is 8.68. The summed E-state index contributed by atoms with van der Waals surface area (Å²) in [6.07, 6.45) is 1.61. The number of hydrogen-bond acceptors (Lipinski definition) is 3. The molecule has 2 heterocycles. The van der Waals surface area contributed by atoms with E-state index in [0.717, 1.165) is 16.6 Å². The number of aromatic amines is 1. The summed E-state index contributed by atoms with van der Waals surface area (Å²) in [6.45, 7) is 0. The molecule has 3 aromatic rings. The van der Waals surface area contributed by atoms with Crippen LogP contribution in [0.25, 0.3) is 22.4 Å². The molecule has 5 heteroatoms. The molecule has 84 valence electrons. The number of rotatable bonds is 2. The van der Waals surface area contributed by atoms with E-state index in [0.29, 0.717) is 5.76 Å². The minimum Gasteiger partial charge on any atom is -0.475 e. The summed E-state index contributed by atoms with van der Waals surface area (Å²) in [5.74, 6) is -0.609. The van der Waals surface area contributed by atoms with Crippen molar-refractivity contribution in [3.8, 4) is 11.3 Å². The average molecular weight is 228 g/mol. The second-order valence-electron chi connectivity index (χ2n) is 3.60. The molecule has 2 N–H and O–H groups in total. The smallest absolute Gasteiger partial charge is 0.371 e. The van der Waals surface area contributed by atoms with Crippen molar-refractivity contribution in [2.45, 2.75) is 0 Å². The summed E-state index contributed by atoms with van der Waals surface area (Å²) in [5.41, 5.74) is 2.56. The molecule has 0 aliphatic carbocycles. The van der Waals surface area contributed by atoms with E-state index in [1.165, 1.54) is 6.07 Å². The summed E-state index contributed by atoms with van der Waals surface area (Å²) in [7, 11) is 0. The Hall–Kier alpha value is -2.56. The van der Waals surface area contributed by atoms with Gasteiger partial charge in [0.25, 0.3) is 0 Å². The number of aromatic nitrogens is 2. The van der Waals surface area contributed by atoms with Crippen LogP contribution in [-0.2, 0) is 0 Å². The SMILES string of the molecule is O=C(O)c1ccc(-c2ccc3nc[nH]c3c2)o1. The lowest BCUT2D eigenvalue weighted by atomic mass is 10.1. The molecule has 0 aliphatic rings. The van der Waals surface area contributed by atoms with E-state index >= 15 is 0 Å². The second-order valence-corrected chi connectivity index (χ2v) is 3.60. The molecule has 3 rings (SSSR count). The van der Waals surface area contributed by atoms with Crippen LogP contribution in [0.3, 0.4) is 0 Å². The van der Waals surface area contributed by atoms with Gasteiger partial charge >= 0.3 is 5.97 Å². The molecule has 0 atom stereocenters. The highest BCUT2D eigenvalue weighted by molar-refractivity contribution is 5.86. The van der Waals surface area contributed by atoms with Gasteiger partial charge in [0.2, 0.25) is 5.76 Å². The van der Waals surface area contributed by atoms with E-state index in [9.17, 15) is 4.79 Å². The number of aromatic carboxylic acids is 1. The number of carboxylic acid groups (broad SMARTS) is 1. The lowest BCUT2D eigenvalue weighted by Crippen LogP contribution is -1.91. The molecular weight excluding hydrogens is 220 g/mol. The molecule has 0 amide bonds. The Morgan fingerprint density at radius 2 is 2.18 bits per heavy atom. The predicted molar refractivity (Wildman–Crippen MR) is 60.8 cm³/mol. The van der Waals surface area contributed by atoms with Crippen molar-refractivity contribution in [3.63, 3.8) is 0 Å². The van der Waals surface area contributed by atoms with Crippen LogP contribution in [0.5, 0.6) is 0 Å². The molecule has 0 bridgehead atoms. The minimum absolute atomic E-state index is 0.0651. The number of fused-ring (bicyclic) bond motifs is 1. The van der Waals surface area contributed by atoms with Gasteiger partial charge in [0.1, 0.15) is 5.76 Å². The zero-order chi connectivity index (χ0) is 11.8. The molecule has 0 saturated carbocycles. The van der Waals surface area contributed by atoms with Crippen LogP contribution in [0.15, 0.2) is 41.1 Å². The van der Waals surface area contributed by atoms with Crippen molar-refractivity contribution >= 4 is 17.0 Å². The number of benzene rings is 1. The summed E-state index contributed by atoms with van der Waals surface area (Å²) in [4.78, 5) is 17.8. The van der Waals surface area contributed by atoms with Gasteiger partial charge in [-0.1, -0.05) is 0 Å². The normalized spacial score (nSPS) is 10.8. The van der Waals surface area contributed by atoms with Crippen molar-refractivity contribution in [3.05, 3.63) is 42.4 Å². The van der Waals surface area contributed by atoms with Gasteiger partial charge in [-0.3, -0.25) is 0 Å². The van der Waals surface area contributed by atoms with Crippen LogP contribution >= 0.6 is 0 Å². The number of nitrogens with zero attached hydrogens (tertiary/aromatic N) is 1. The topological polar surface area (TPSA) is 79.1 Å². The van der Waals surface area contributed by atoms with Crippen molar-refractivity contribution in [1.29, 1.82) is 0 Å². The largest absolute Gasteiger partial charge is 0.475 e. The Morgan fingerprint density at radius 1 is 1.29 bits per heavy atom. The molecule has 0 saturated heterocycles. The highest BCUT2D eigenvalue weighted by Crippen LogP contribution is 2.24. The van der Waals surface area contributed by atoms with E-state index in [4.69, 9.17) is 9.52 Å². The van der Waals surface area contributed by atoms with E-state index in [1.807, 2.05) is 18.2 Å². The highest BCUT2D eigenvalue weighted by atomic mass is 16.4. The maximum atomic E-state index is 10.7. The number of carboxylic acids is 1. The minimum atomic E-state index is -1.07. The fourth-order valence-electron chi connectivity index (χ4n) is 1.70. The Bertz CT molecular complexity index is 696. The van der Waals surface area contributed by atoms with Crippen LogP contribution < -0.4 is 0 Å². The zero-order valence-electron chi connectivity index (χ0n) is 8.68. The van der Waals surface area contributed by atoms with Crippen LogP contribution in [0.2, 0.25) is 0 Å². The van der Waals surface area contributed by atoms with E-state index in [-0.39, 0.29) is 5.76 Å². The number of H-pyrrole nitrogens is 1. The fraction of sp³-hybridized carbons (Fsp3) is 0. The third-order valence-electron chi connectivity index (χ3n) is 2.52. The molecule has 0 unspecified atom stereocenters. The summed E-state index contributed by atoms with van der Waals surface area (Å²) in [5, 5.41) is 8.77. The molecular formula is C12H8N2O3. The summed E-state index contributed by atoms with van der Waals surface area (Å²) < 4.78 is 5.22. The van der Waals surface area contributed by atoms with Crippen molar-refractivity contribution in [2.75, 3.05) is 0 Å². The van der Waals surface area contributed by atoms with Gasteiger partial charge in [0.15, 0.2) is 0 Å². The summed E-state index contributed by atoms with van der Waals surface area (Å²) >= 11 is 0. The van der Waals surface area contributed by atoms with E-state index in [2.05, 4.69) is 9.97 Å². The Morgan fingerprint density at radius 3 is 2.94 bits per heavy atom. The predicted octanol–water partition coefficient (Wildman–Crippen LogP) is 2.52. The van der Waals surface area contributed by atoms with Gasteiger partial charge in [-0.25, -0.2) is 9.78 Å². The van der Waals surface area contributed by atoms with Crippen LogP contribution in [0, 0.1) is 0 Å². The van der Waals surface area contributed by atoms with Gasteiger partial charge in [0.05, 0.1) is 17.4 Å². The van der Waals surface area contributed by atoms with Gasteiger partial charge in [-0.15, -0.1) is 0 Å². The molecule has 0 fully saturated rings. The Kier molecular flexibility index (Phi) is 1.98. The molecule has 17 heavy (non-hydrogen) atoms. The van der Waals surface area contributed by atoms with Gasteiger partial charge < -0.3 is 14.5 Å². The van der Waals surface area contributed by atoms with Crippen LogP contribution in [-0.4, -0.2) is 21.0 Å². The maximum Gasteiger partial charge on any atom is 0.371 e. The average Bonchev–Trinajstić information content (AvgIpc) is 2.97. The van der Waals surface area contributed by atoms with Crippen molar-refractivity contribution < 1.29 is 14.3 Å². The molecule has 0 spiro atoms. The van der Waals surface area contributed by atoms with Crippen LogP contribution in [0.1, 0.15) is 10.6 Å². The third-order valence-corrected chi connectivity index (χ3v) is 2.52. The number of imidazole rings is 1. The lowest BCUT2D eigenvalue weighted by molar-refractivity contribution is 0.0663. The molecule has 0 aliphatic heterocycles. The summed E-state index contributed by atoms with van der Waals surface area (Å²) in [6, 6.07) is 8.64. The molecule has 2 aromatic heterocycles. The van der Waals surface area contributed by atoms with Crippen molar-refractivity contribution in [2.24, 2.45) is 0 Å². The van der Waals surface area contributed by atoms with Gasteiger partial charge in [-0.05, 0) is 30.3 Å². The maximum absolute atomic E-state index is 10.7. The Balaban J connectivity index is 2.09. The first-order chi connectivity index (χ1) is 8.24. The van der Waals surface area contributed by atoms with E-state index in [1.54, 1.807) is 12.4 Å². The second kappa shape index (κ2) is 3.48. The standard InChI is InChI=1S/C12H8N2O3/c15-12(16)11-4-3-10(17-11)7-1-2-8-9(5-7)14-6-13-8/h1-6H,(H,13,14)(H,15,16). The number of hydrogen-bond donors (Lipinski definition) is 2. The third kappa shape index (κ3) is 1.57. The first-order valence-electron chi connectivity index (χ1n) is 5.01. The van der Waals surface area contributed by atoms with E-state index < -0.39 is 5.97 Å². The quantitative estimate of drug-likeness (QED) is 0.706. The van der Waals surface area contributed by atoms with Crippen molar-refractivity contribution in [1.82, 2.24) is 9.97 Å². The lowest BCUT2D eigenvalue weighted by Gasteiger charge is -1.96. The first-order valence-corrected chi connectivity index (χ1v) is 5.01. The Labute approximate surface area is 95.7 Å². The molecule has 5 nitrogen and oxygen atoms in total. The number of nitrogens with one attached hydrogen (secondary N) is 1. The fourth-order valence-corrected chi connectivity index (χ4v) is 1.70. The van der Waals surface area contributed by atoms with Gasteiger partial charge in [0, 0.05) is 5.56 Å². The van der Waals surface area contributed by atoms with Gasteiger partial charge in [-0.2, -0.15) is 0 Å². The first kappa shape index (κ1) is 9.65. The number of carbonyl (C=O) groups is 1.